The zero-order chi connectivity index (χ0) is 35.2. The van der Waals surface area contributed by atoms with Crippen molar-refractivity contribution in [2.24, 2.45) is 17.8 Å². The zero-order valence-electron chi connectivity index (χ0n) is 28.8. The summed E-state index contributed by atoms with van der Waals surface area (Å²) >= 11 is 6.36. The molecule has 3 rings (SSSR count). The van der Waals surface area contributed by atoms with E-state index in [9.17, 15) is 19.2 Å². The molecule has 0 aliphatic carbocycles. The fourth-order valence-electron chi connectivity index (χ4n) is 5.59. The first-order chi connectivity index (χ1) is 22.8. The van der Waals surface area contributed by atoms with Crippen LogP contribution in [0.1, 0.15) is 71.4 Å². The molecule has 0 bridgehead atoms. The number of esters is 1. The molecule has 1 heterocycles. The van der Waals surface area contributed by atoms with Gasteiger partial charge in [0.15, 0.2) is 0 Å². The number of amides is 3. The molecule has 48 heavy (non-hydrogen) atoms. The molecule has 0 aromatic heterocycles. The second-order valence-corrected chi connectivity index (χ2v) is 13.7. The Bertz CT molecular complexity index is 1440. The van der Waals surface area contributed by atoms with E-state index in [2.05, 4.69) is 16.0 Å². The molecule has 2 aromatic carbocycles. The number of carbonyl (C=O) groups excluding carboxylic acids is 4. The van der Waals surface area contributed by atoms with Crippen LogP contribution in [-0.2, 0) is 30.3 Å². The van der Waals surface area contributed by atoms with E-state index < -0.39 is 42.0 Å². The molecule has 0 fully saturated rings. The molecule has 10 heteroatoms. The Hall–Kier alpha value is -4.11. The van der Waals surface area contributed by atoms with Gasteiger partial charge in [-0.05, 0) is 54.0 Å². The fourth-order valence-corrected chi connectivity index (χ4v) is 5.87. The van der Waals surface area contributed by atoms with E-state index >= 15 is 0 Å². The Morgan fingerprint density at radius 3 is 2.27 bits per heavy atom. The largest absolute Gasteiger partial charge is 0.495 e. The Morgan fingerprint density at radius 1 is 0.917 bits per heavy atom. The van der Waals surface area contributed by atoms with Crippen molar-refractivity contribution in [3.05, 3.63) is 82.9 Å². The molecule has 1 aliphatic rings. The topological polar surface area (TPSA) is 123 Å². The van der Waals surface area contributed by atoms with Gasteiger partial charge in [0.05, 0.1) is 12.1 Å². The zero-order valence-corrected chi connectivity index (χ0v) is 29.6. The Labute approximate surface area is 289 Å². The number of hydrogen-bond acceptors (Lipinski definition) is 6. The van der Waals surface area contributed by atoms with E-state index in [1.165, 1.54) is 13.2 Å². The predicted molar refractivity (Wildman–Crippen MR) is 189 cm³/mol. The lowest BCUT2D eigenvalue weighted by molar-refractivity contribution is -0.155. The summed E-state index contributed by atoms with van der Waals surface area (Å²) in [5.74, 6) is -1.26. The summed E-state index contributed by atoms with van der Waals surface area (Å²) in [7, 11) is 1.52. The van der Waals surface area contributed by atoms with Crippen molar-refractivity contribution in [2.45, 2.75) is 91.0 Å². The quantitative estimate of drug-likeness (QED) is 0.263. The molecule has 3 amide bonds. The molecule has 0 saturated carbocycles. The molecule has 0 spiro atoms. The second-order valence-electron chi connectivity index (χ2n) is 13.3. The highest BCUT2D eigenvalue weighted by atomic mass is 35.5. The maximum Gasteiger partial charge on any atom is 0.328 e. The van der Waals surface area contributed by atoms with Gasteiger partial charge < -0.3 is 25.4 Å². The van der Waals surface area contributed by atoms with Crippen LogP contribution >= 0.6 is 11.6 Å². The number of carbonyl (C=O) groups is 4. The summed E-state index contributed by atoms with van der Waals surface area (Å²) in [6, 6.07) is 12.6. The van der Waals surface area contributed by atoms with Gasteiger partial charge in [0.2, 0.25) is 17.7 Å². The van der Waals surface area contributed by atoms with E-state index in [-0.39, 0.29) is 42.9 Å². The van der Waals surface area contributed by atoms with Gasteiger partial charge in [-0.15, -0.1) is 0 Å². The van der Waals surface area contributed by atoms with Gasteiger partial charge in [-0.2, -0.15) is 0 Å². The highest BCUT2D eigenvalue weighted by Gasteiger charge is 2.30. The lowest BCUT2D eigenvalue weighted by Crippen LogP contribution is -2.52. The van der Waals surface area contributed by atoms with Crippen LogP contribution in [0.2, 0.25) is 5.02 Å². The fraction of sp³-hybridized carbons (Fsp3) is 0.474. The Balaban J connectivity index is 1.96. The number of halogens is 1. The first kappa shape index (κ1) is 38.3. The van der Waals surface area contributed by atoms with Crippen LogP contribution in [0.25, 0.3) is 6.08 Å². The van der Waals surface area contributed by atoms with E-state index in [0.29, 0.717) is 23.6 Å². The summed E-state index contributed by atoms with van der Waals surface area (Å²) in [5.41, 5.74) is 1.72. The van der Waals surface area contributed by atoms with E-state index in [4.69, 9.17) is 21.1 Å². The molecule has 1 aliphatic heterocycles. The molecule has 0 radical (unpaired) electrons. The molecule has 2 aromatic rings. The van der Waals surface area contributed by atoms with Crippen molar-refractivity contribution < 1.29 is 28.7 Å². The van der Waals surface area contributed by atoms with Gasteiger partial charge in [-0.3, -0.25) is 14.4 Å². The third kappa shape index (κ3) is 12.8. The average molecular weight is 680 g/mol. The molecule has 0 saturated heterocycles. The molecule has 1 unspecified atom stereocenters. The number of nitrogens with one attached hydrogen (secondary N) is 3. The van der Waals surface area contributed by atoms with Gasteiger partial charge in [0, 0.05) is 31.2 Å². The van der Waals surface area contributed by atoms with Crippen LogP contribution in [0.3, 0.4) is 0 Å². The Kier molecular flexibility index (Phi) is 15.2. The highest BCUT2D eigenvalue weighted by molar-refractivity contribution is 6.32. The van der Waals surface area contributed by atoms with E-state index in [1.54, 1.807) is 24.3 Å². The minimum Gasteiger partial charge on any atom is -0.495 e. The van der Waals surface area contributed by atoms with E-state index in [1.807, 2.05) is 77.1 Å². The third-order valence-corrected chi connectivity index (χ3v) is 8.33. The van der Waals surface area contributed by atoms with Gasteiger partial charge in [0.25, 0.3) is 0 Å². The van der Waals surface area contributed by atoms with Crippen LogP contribution in [0.5, 0.6) is 5.75 Å². The van der Waals surface area contributed by atoms with Crippen LogP contribution in [0.15, 0.2) is 66.8 Å². The predicted octanol–water partition coefficient (Wildman–Crippen LogP) is 6.05. The molecule has 260 valence electrons. The molecule has 5 atom stereocenters. The van der Waals surface area contributed by atoms with Crippen LogP contribution in [0.4, 0.5) is 0 Å². The summed E-state index contributed by atoms with van der Waals surface area (Å²) in [6.07, 6.45) is 7.58. The van der Waals surface area contributed by atoms with Crippen molar-refractivity contribution in [3.8, 4) is 5.75 Å². The Morgan fingerprint density at radius 2 is 1.62 bits per heavy atom. The SMILES string of the molecule is COc1ccc(C[C@H]2NC(=O)/C=C/C[C@@H]([C@H](C)/C=C/c3ccccc3)OC(=O)[C@H](CC(C)C)NC(=O)CC(CC(C)C)NC2=O)cc1Cl. The summed E-state index contributed by atoms with van der Waals surface area (Å²) in [6.45, 7) is 9.88. The number of methoxy groups -OCH3 is 1. The van der Waals surface area contributed by atoms with Crippen molar-refractivity contribution in [1.82, 2.24) is 16.0 Å². The maximum absolute atomic E-state index is 13.7. The van der Waals surface area contributed by atoms with Crippen molar-refractivity contribution in [2.75, 3.05) is 7.11 Å². The molecular weight excluding hydrogens is 630 g/mol. The number of benzene rings is 2. The smallest absolute Gasteiger partial charge is 0.328 e. The van der Waals surface area contributed by atoms with Gasteiger partial charge >= 0.3 is 5.97 Å². The number of rotatable bonds is 10. The van der Waals surface area contributed by atoms with Crippen LogP contribution in [-0.4, -0.2) is 55.0 Å². The van der Waals surface area contributed by atoms with Crippen LogP contribution < -0.4 is 20.7 Å². The van der Waals surface area contributed by atoms with Crippen molar-refractivity contribution in [1.29, 1.82) is 0 Å². The standard InChI is InChI=1S/C38H50ClN3O6/c1-24(2)19-29-23-36(44)42-32(20-25(3)4)38(46)48-33(26(5)15-16-27-11-8-7-9-12-27)13-10-14-35(43)41-31(37(45)40-29)22-28-17-18-34(47-6)30(39)21-28/h7-12,14-18,21,24-26,29,31-33H,13,19-20,22-23H2,1-6H3,(H,40,45)(H,41,43)(H,42,44)/b14-10+,16-15+/t26-,29?,31-,32+,33+/m1/s1. The van der Waals surface area contributed by atoms with Crippen molar-refractivity contribution >= 4 is 41.4 Å². The lowest BCUT2D eigenvalue weighted by atomic mass is 9.97. The van der Waals surface area contributed by atoms with Crippen LogP contribution in [0, 0.1) is 17.8 Å². The first-order valence-electron chi connectivity index (χ1n) is 16.7. The molecular formula is C38H50ClN3O6. The monoisotopic (exact) mass is 679 g/mol. The van der Waals surface area contributed by atoms with E-state index in [0.717, 1.165) is 11.1 Å². The minimum absolute atomic E-state index is 0.0413. The third-order valence-electron chi connectivity index (χ3n) is 8.03. The second kappa shape index (κ2) is 19.0. The number of hydrogen-bond donors (Lipinski definition) is 3. The summed E-state index contributed by atoms with van der Waals surface area (Å²) < 4.78 is 11.3. The van der Waals surface area contributed by atoms with Crippen molar-refractivity contribution in [3.63, 3.8) is 0 Å². The van der Waals surface area contributed by atoms with Gasteiger partial charge in [-0.25, -0.2) is 4.79 Å². The molecule has 3 N–H and O–H groups in total. The first-order valence-corrected chi connectivity index (χ1v) is 17.0. The number of cyclic esters (lactones) is 1. The minimum atomic E-state index is -0.952. The highest BCUT2D eigenvalue weighted by Crippen LogP contribution is 2.26. The lowest BCUT2D eigenvalue weighted by Gasteiger charge is -2.28. The summed E-state index contributed by atoms with van der Waals surface area (Å²) in [5, 5.41) is 9.09. The van der Waals surface area contributed by atoms with Gasteiger partial charge in [-0.1, -0.05) is 101 Å². The maximum atomic E-state index is 13.7. The van der Waals surface area contributed by atoms with Gasteiger partial charge in [0.1, 0.15) is 23.9 Å². The summed E-state index contributed by atoms with van der Waals surface area (Å²) in [4.78, 5) is 54.0. The average Bonchev–Trinajstić information content (AvgIpc) is 3.02. The number of ether oxygens (including phenoxy) is 2. The normalized spacial score (nSPS) is 22.9. The molecule has 9 nitrogen and oxygen atoms in total.